The molecule has 4 aromatic rings. The van der Waals surface area contributed by atoms with Gasteiger partial charge in [-0.1, -0.05) is 45.7 Å². The predicted molar refractivity (Wildman–Crippen MR) is 119 cm³/mol. The molecule has 0 radical (unpaired) electrons. The van der Waals surface area contributed by atoms with Crippen LogP contribution in [0.2, 0.25) is 5.02 Å². The Morgan fingerprint density at radius 2 is 1.93 bits per heavy atom. The molecule has 5 rings (SSSR count). The Morgan fingerprint density at radius 1 is 1.10 bits per heavy atom. The minimum Gasteiger partial charge on any atom is -0.462 e. The number of halogens is 2. The standard InChI is InChI=1S/C23H17BrClN3O/c1-13-9-10-29-23(13)21-22-14(2)27-20(16-5-3-4-6-18(16)25)17-11-15(24)7-8-19(17)28(22)12-26-21/h3-12,14H,1-2H3/t14-/m0/s1. The minimum atomic E-state index is -0.144. The Bertz CT molecular complexity index is 1270. The van der Waals surface area contributed by atoms with Crippen LogP contribution in [0.25, 0.3) is 17.1 Å². The third kappa shape index (κ3) is 2.96. The largest absolute Gasteiger partial charge is 0.462 e. The molecule has 0 bridgehead atoms. The maximum atomic E-state index is 6.56. The first kappa shape index (κ1) is 18.4. The molecule has 2 aromatic carbocycles. The average molecular weight is 467 g/mol. The highest BCUT2D eigenvalue weighted by Crippen LogP contribution is 2.38. The second kappa shape index (κ2) is 7.01. The van der Waals surface area contributed by atoms with Crippen molar-refractivity contribution in [3.63, 3.8) is 0 Å². The number of aliphatic imine (C=N–C) groups is 1. The molecule has 1 aliphatic rings. The van der Waals surface area contributed by atoms with Crippen molar-refractivity contribution >= 4 is 33.2 Å². The summed E-state index contributed by atoms with van der Waals surface area (Å²) in [6, 6.07) is 15.8. The lowest BCUT2D eigenvalue weighted by Crippen LogP contribution is -2.07. The monoisotopic (exact) mass is 465 g/mol. The first-order chi connectivity index (χ1) is 14.0. The van der Waals surface area contributed by atoms with Gasteiger partial charge in [-0.15, -0.1) is 0 Å². The number of aryl methyl sites for hydroxylation is 1. The van der Waals surface area contributed by atoms with Gasteiger partial charge in [0, 0.05) is 20.6 Å². The van der Waals surface area contributed by atoms with E-state index in [1.54, 1.807) is 6.26 Å². The third-order valence-electron chi connectivity index (χ3n) is 5.20. The van der Waals surface area contributed by atoms with Gasteiger partial charge in [-0.2, -0.15) is 0 Å². The van der Waals surface area contributed by atoms with Gasteiger partial charge in [0.15, 0.2) is 5.76 Å². The molecule has 0 saturated carbocycles. The van der Waals surface area contributed by atoms with Gasteiger partial charge in [0.2, 0.25) is 0 Å². The van der Waals surface area contributed by atoms with Crippen molar-refractivity contribution in [1.29, 1.82) is 0 Å². The lowest BCUT2D eigenvalue weighted by atomic mass is 10.0. The molecule has 6 heteroatoms. The third-order valence-corrected chi connectivity index (χ3v) is 6.03. The van der Waals surface area contributed by atoms with E-state index in [2.05, 4.69) is 39.6 Å². The van der Waals surface area contributed by atoms with E-state index in [1.807, 2.05) is 49.6 Å². The number of fused-ring (bicyclic) bond motifs is 3. The molecule has 0 saturated heterocycles. The Labute approximate surface area is 182 Å². The number of nitrogens with zero attached hydrogens (tertiary/aromatic N) is 3. The zero-order valence-electron chi connectivity index (χ0n) is 15.9. The number of benzene rings is 2. The summed E-state index contributed by atoms with van der Waals surface area (Å²) in [4.78, 5) is 9.80. The average Bonchev–Trinajstić information content (AvgIpc) is 3.30. The van der Waals surface area contributed by atoms with Crippen molar-refractivity contribution in [2.45, 2.75) is 19.9 Å². The minimum absolute atomic E-state index is 0.144. The maximum Gasteiger partial charge on any atom is 0.157 e. The van der Waals surface area contributed by atoms with Crippen LogP contribution in [-0.2, 0) is 0 Å². The van der Waals surface area contributed by atoms with Crippen molar-refractivity contribution in [3.8, 4) is 17.1 Å². The number of hydrogen-bond donors (Lipinski definition) is 0. The molecular formula is C23H17BrClN3O. The van der Waals surface area contributed by atoms with E-state index in [1.165, 1.54) is 0 Å². The molecule has 3 heterocycles. The lowest BCUT2D eigenvalue weighted by Gasteiger charge is -2.13. The van der Waals surface area contributed by atoms with Crippen molar-refractivity contribution < 1.29 is 4.42 Å². The van der Waals surface area contributed by atoms with Gasteiger partial charge < -0.3 is 4.42 Å². The van der Waals surface area contributed by atoms with Crippen LogP contribution >= 0.6 is 27.5 Å². The summed E-state index contributed by atoms with van der Waals surface area (Å²) in [7, 11) is 0. The number of imidazole rings is 1. The van der Waals surface area contributed by atoms with E-state index in [9.17, 15) is 0 Å². The summed E-state index contributed by atoms with van der Waals surface area (Å²) in [6.45, 7) is 4.10. The highest BCUT2D eigenvalue weighted by molar-refractivity contribution is 9.10. The smallest absolute Gasteiger partial charge is 0.157 e. The Kier molecular flexibility index (Phi) is 4.45. The number of rotatable bonds is 2. The fourth-order valence-electron chi connectivity index (χ4n) is 3.84. The van der Waals surface area contributed by atoms with Crippen molar-refractivity contribution in [3.05, 3.63) is 93.0 Å². The summed E-state index contributed by atoms with van der Waals surface area (Å²) in [6.07, 6.45) is 3.54. The van der Waals surface area contributed by atoms with Crippen LogP contribution in [0.1, 0.15) is 35.3 Å². The first-order valence-electron chi connectivity index (χ1n) is 9.29. The van der Waals surface area contributed by atoms with E-state index in [-0.39, 0.29) is 6.04 Å². The fraction of sp³-hybridized carbons (Fsp3) is 0.130. The zero-order chi connectivity index (χ0) is 20.1. The van der Waals surface area contributed by atoms with Crippen molar-refractivity contribution in [1.82, 2.24) is 9.55 Å². The zero-order valence-corrected chi connectivity index (χ0v) is 18.2. The quantitative estimate of drug-likeness (QED) is 0.327. The summed E-state index contributed by atoms with van der Waals surface area (Å²) in [5.74, 6) is 0.778. The highest BCUT2D eigenvalue weighted by atomic mass is 79.9. The van der Waals surface area contributed by atoms with Crippen molar-refractivity contribution in [2.75, 3.05) is 0 Å². The highest BCUT2D eigenvalue weighted by Gasteiger charge is 2.28. The van der Waals surface area contributed by atoms with Gasteiger partial charge in [0.1, 0.15) is 12.0 Å². The van der Waals surface area contributed by atoms with Gasteiger partial charge >= 0.3 is 0 Å². The predicted octanol–water partition coefficient (Wildman–Crippen LogP) is 6.77. The SMILES string of the molecule is Cc1ccoc1-c1ncn2c1[C@H](C)N=C(c1ccccc1Cl)c1cc(Br)ccc1-2. The topological polar surface area (TPSA) is 43.3 Å². The van der Waals surface area contributed by atoms with Gasteiger partial charge in [-0.05, 0) is 49.7 Å². The van der Waals surface area contributed by atoms with Crippen LogP contribution in [0.4, 0.5) is 0 Å². The van der Waals surface area contributed by atoms with Crippen LogP contribution in [0, 0.1) is 6.92 Å². The fourth-order valence-corrected chi connectivity index (χ4v) is 4.43. The van der Waals surface area contributed by atoms with Crippen LogP contribution in [-0.4, -0.2) is 15.3 Å². The van der Waals surface area contributed by atoms with E-state index in [0.717, 1.165) is 49.7 Å². The normalized spacial score (nSPS) is 15.4. The number of furan rings is 1. The Hall–Kier alpha value is -2.63. The van der Waals surface area contributed by atoms with E-state index in [0.29, 0.717) is 5.02 Å². The van der Waals surface area contributed by atoms with Gasteiger partial charge in [-0.3, -0.25) is 9.56 Å². The Balaban J connectivity index is 1.82. The molecule has 0 amide bonds. The second-order valence-electron chi connectivity index (χ2n) is 7.08. The molecule has 0 aliphatic carbocycles. The van der Waals surface area contributed by atoms with Gasteiger partial charge in [0.25, 0.3) is 0 Å². The van der Waals surface area contributed by atoms with Crippen LogP contribution in [0.5, 0.6) is 0 Å². The molecule has 0 unspecified atom stereocenters. The molecule has 1 atom stereocenters. The maximum absolute atomic E-state index is 6.56. The van der Waals surface area contributed by atoms with Gasteiger partial charge in [-0.25, -0.2) is 4.98 Å². The van der Waals surface area contributed by atoms with Crippen LogP contribution < -0.4 is 0 Å². The summed E-state index contributed by atoms with van der Waals surface area (Å²) < 4.78 is 8.84. The molecule has 144 valence electrons. The molecule has 4 nitrogen and oxygen atoms in total. The molecule has 0 fully saturated rings. The summed E-state index contributed by atoms with van der Waals surface area (Å²) >= 11 is 10.2. The number of hydrogen-bond acceptors (Lipinski definition) is 3. The van der Waals surface area contributed by atoms with Gasteiger partial charge in [0.05, 0.1) is 29.4 Å². The van der Waals surface area contributed by atoms with Crippen molar-refractivity contribution in [2.24, 2.45) is 4.99 Å². The number of aromatic nitrogens is 2. The molecule has 29 heavy (non-hydrogen) atoms. The Morgan fingerprint density at radius 3 is 2.69 bits per heavy atom. The molecular weight excluding hydrogens is 450 g/mol. The molecule has 1 aliphatic heterocycles. The van der Waals surface area contributed by atoms with Crippen LogP contribution in [0.15, 0.2) is 75.0 Å². The van der Waals surface area contributed by atoms with E-state index < -0.39 is 0 Å². The summed E-state index contributed by atoms with van der Waals surface area (Å²) in [5, 5.41) is 0.677. The van der Waals surface area contributed by atoms with Crippen LogP contribution in [0.3, 0.4) is 0 Å². The molecule has 2 aromatic heterocycles. The second-order valence-corrected chi connectivity index (χ2v) is 8.40. The first-order valence-corrected chi connectivity index (χ1v) is 10.5. The molecule has 0 N–H and O–H groups in total. The molecule has 0 spiro atoms. The van der Waals surface area contributed by atoms with E-state index in [4.69, 9.17) is 26.0 Å². The summed E-state index contributed by atoms with van der Waals surface area (Å²) in [5.41, 5.74) is 6.65. The van der Waals surface area contributed by atoms with E-state index >= 15 is 0 Å². The lowest BCUT2D eigenvalue weighted by molar-refractivity contribution is 0.576.